The molecule has 3 rings (SSSR count). The largest absolute Gasteiger partial charge is 0.240 e. The summed E-state index contributed by atoms with van der Waals surface area (Å²) < 4.78 is 1.88. The van der Waals surface area contributed by atoms with Crippen molar-refractivity contribution < 1.29 is 0 Å². The summed E-state index contributed by atoms with van der Waals surface area (Å²) in [5.41, 5.74) is 4.53. The smallest absolute Gasteiger partial charge is 0.113 e. The van der Waals surface area contributed by atoms with E-state index in [1.54, 1.807) is 0 Å². The highest BCUT2D eigenvalue weighted by Gasteiger charge is 2.13. The number of fused-ring (bicyclic) bond motifs is 1. The van der Waals surface area contributed by atoms with Crippen LogP contribution in [-0.2, 0) is 12.0 Å². The Bertz CT molecular complexity index is 767. The summed E-state index contributed by atoms with van der Waals surface area (Å²) in [7, 11) is 0. The molecule has 1 heterocycles. The van der Waals surface area contributed by atoms with Crippen LogP contribution in [0.15, 0.2) is 42.5 Å². The van der Waals surface area contributed by atoms with E-state index in [1.807, 2.05) is 22.9 Å². The third-order valence-electron chi connectivity index (χ3n) is 3.63. The molecule has 0 bridgehead atoms. The SMILES string of the molecule is CC(C)(C)c1ccc(Cn2nnc3ccc(Cl)cc32)cc1. The Morgan fingerprint density at radius 2 is 1.76 bits per heavy atom. The second-order valence-electron chi connectivity index (χ2n) is 6.33. The van der Waals surface area contributed by atoms with Crippen molar-refractivity contribution in [3.05, 3.63) is 58.6 Å². The first kappa shape index (κ1) is 14.1. The monoisotopic (exact) mass is 299 g/mol. The van der Waals surface area contributed by atoms with Crippen LogP contribution in [0, 0.1) is 0 Å². The van der Waals surface area contributed by atoms with Gasteiger partial charge in [0.15, 0.2) is 0 Å². The third kappa shape index (κ3) is 2.93. The van der Waals surface area contributed by atoms with Crippen molar-refractivity contribution in [1.29, 1.82) is 0 Å². The first-order valence-electron chi connectivity index (χ1n) is 7.02. The van der Waals surface area contributed by atoms with Gasteiger partial charge in [0.05, 0.1) is 12.1 Å². The van der Waals surface area contributed by atoms with Crippen LogP contribution in [0.25, 0.3) is 11.0 Å². The predicted molar refractivity (Wildman–Crippen MR) is 86.8 cm³/mol. The van der Waals surface area contributed by atoms with Gasteiger partial charge < -0.3 is 0 Å². The quantitative estimate of drug-likeness (QED) is 0.701. The van der Waals surface area contributed by atoms with Gasteiger partial charge in [-0.15, -0.1) is 5.10 Å². The van der Waals surface area contributed by atoms with Gasteiger partial charge in [-0.25, -0.2) is 4.68 Å². The van der Waals surface area contributed by atoms with Crippen molar-refractivity contribution in [3.8, 4) is 0 Å². The van der Waals surface area contributed by atoms with Crippen LogP contribution >= 0.6 is 11.6 Å². The number of hydrogen-bond acceptors (Lipinski definition) is 2. The zero-order valence-electron chi connectivity index (χ0n) is 12.5. The fourth-order valence-corrected chi connectivity index (χ4v) is 2.50. The van der Waals surface area contributed by atoms with E-state index in [0.717, 1.165) is 11.0 Å². The second kappa shape index (κ2) is 5.15. The van der Waals surface area contributed by atoms with Crippen LogP contribution in [0.5, 0.6) is 0 Å². The fraction of sp³-hybridized carbons (Fsp3) is 0.294. The van der Waals surface area contributed by atoms with E-state index < -0.39 is 0 Å². The molecule has 108 valence electrons. The number of halogens is 1. The van der Waals surface area contributed by atoms with Gasteiger partial charge in [-0.1, -0.05) is 61.9 Å². The van der Waals surface area contributed by atoms with Gasteiger partial charge in [0, 0.05) is 5.02 Å². The topological polar surface area (TPSA) is 30.7 Å². The number of benzene rings is 2. The van der Waals surface area contributed by atoms with Crippen LogP contribution in [0.3, 0.4) is 0 Å². The lowest BCUT2D eigenvalue weighted by Crippen LogP contribution is -2.11. The van der Waals surface area contributed by atoms with E-state index in [2.05, 4.69) is 55.3 Å². The van der Waals surface area contributed by atoms with Gasteiger partial charge in [0.2, 0.25) is 0 Å². The van der Waals surface area contributed by atoms with Crippen molar-refractivity contribution in [1.82, 2.24) is 15.0 Å². The van der Waals surface area contributed by atoms with Gasteiger partial charge in [-0.3, -0.25) is 0 Å². The van der Waals surface area contributed by atoms with Crippen molar-refractivity contribution in [3.63, 3.8) is 0 Å². The van der Waals surface area contributed by atoms with Crippen molar-refractivity contribution in [2.24, 2.45) is 0 Å². The summed E-state index contributed by atoms with van der Waals surface area (Å²) in [5, 5.41) is 9.08. The molecule has 2 aromatic carbocycles. The number of nitrogens with zero attached hydrogens (tertiary/aromatic N) is 3. The fourth-order valence-electron chi connectivity index (χ4n) is 2.34. The lowest BCUT2D eigenvalue weighted by molar-refractivity contribution is 0.589. The first-order chi connectivity index (χ1) is 9.93. The van der Waals surface area contributed by atoms with Gasteiger partial charge in [0.1, 0.15) is 5.52 Å². The average Bonchev–Trinajstić information content (AvgIpc) is 2.81. The molecule has 0 atom stereocenters. The zero-order valence-corrected chi connectivity index (χ0v) is 13.2. The molecule has 4 heteroatoms. The predicted octanol–water partition coefficient (Wildman–Crippen LogP) is 4.43. The second-order valence-corrected chi connectivity index (χ2v) is 6.76. The summed E-state index contributed by atoms with van der Waals surface area (Å²) >= 11 is 6.05. The summed E-state index contributed by atoms with van der Waals surface area (Å²) in [5.74, 6) is 0. The van der Waals surface area contributed by atoms with E-state index >= 15 is 0 Å². The highest BCUT2D eigenvalue weighted by atomic mass is 35.5. The van der Waals surface area contributed by atoms with Crippen LogP contribution in [-0.4, -0.2) is 15.0 Å². The lowest BCUT2D eigenvalue weighted by Gasteiger charge is -2.19. The molecule has 0 radical (unpaired) electrons. The summed E-state index contributed by atoms with van der Waals surface area (Å²) in [6.45, 7) is 7.35. The van der Waals surface area contributed by atoms with Crippen LogP contribution in [0.2, 0.25) is 5.02 Å². The Labute approximate surface area is 129 Å². The number of hydrogen-bond donors (Lipinski definition) is 0. The molecule has 1 aromatic heterocycles. The Hall–Kier alpha value is -1.87. The minimum absolute atomic E-state index is 0.173. The van der Waals surface area contributed by atoms with E-state index in [-0.39, 0.29) is 5.41 Å². The zero-order chi connectivity index (χ0) is 15.0. The molecular formula is C17H18ClN3. The van der Waals surface area contributed by atoms with Crippen molar-refractivity contribution in [2.75, 3.05) is 0 Å². The average molecular weight is 300 g/mol. The molecule has 0 amide bonds. The minimum Gasteiger partial charge on any atom is -0.240 e. The highest BCUT2D eigenvalue weighted by molar-refractivity contribution is 6.31. The Morgan fingerprint density at radius 1 is 1.05 bits per heavy atom. The van der Waals surface area contributed by atoms with Gasteiger partial charge in [-0.2, -0.15) is 0 Å². The van der Waals surface area contributed by atoms with Crippen molar-refractivity contribution in [2.45, 2.75) is 32.7 Å². The van der Waals surface area contributed by atoms with Crippen molar-refractivity contribution >= 4 is 22.6 Å². The standard InChI is InChI=1S/C17H18ClN3/c1-17(2,3)13-6-4-12(5-7-13)11-21-16-10-14(18)8-9-15(16)19-20-21/h4-10H,11H2,1-3H3. The molecule has 0 fully saturated rings. The molecule has 0 unspecified atom stereocenters. The molecule has 0 saturated carbocycles. The summed E-state index contributed by atoms with van der Waals surface area (Å²) in [4.78, 5) is 0. The summed E-state index contributed by atoms with van der Waals surface area (Å²) in [6, 6.07) is 14.3. The molecular weight excluding hydrogens is 282 g/mol. The Balaban J connectivity index is 1.90. The molecule has 3 nitrogen and oxygen atoms in total. The molecule has 0 spiro atoms. The normalized spacial score (nSPS) is 12.0. The molecule has 3 aromatic rings. The van der Waals surface area contributed by atoms with Crippen LogP contribution in [0.4, 0.5) is 0 Å². The maximum absolute atomic E-state index is 6.05. The van der Waals surface area contributed by atoms with Gasteiger partial charge >= 0.3 is 0 Å². The van der Waals surface area contributed by atoms with Gasteiger partial charge in [0.25, 0.3) is 0 Å². The minimum atomic E-state index is 0.173. The molecule has 0 N–H and O–H groups in total. The van der Waals surface area contributed by atoms with E-state index in [1.165, 1.54) is 11.1 Å². The lowest BCUT2D eigenvalue weighted by atomic mass is 9.87. The highest BCUT2D eigenvalue weighted by Crippen LogP contribution is 2.23. The maximum Gasteiger partial charge on any atom is 0.113 e. The van der Waals surface area contributed by atoms with E-state index in [9.17, 15) is 0 Å². The van der Waals surface area contributed by atoms with Gasteiger partial charge in [-0.05, 0) is 34.7 Å². The van der Waals surface area contributed by atoms with E-state index in [0.29, 0.717) is 11.6 Å². The molecule has 21 heavy (non-hydrogen) atoms. The third-order valence-corrected chi connectivity index (χ3v) is 3.86. The summed E-state index contributed by atoms with van der Waals surface area (Å²) in [6.07, 6.45) is 0. The molecule has 0 aliphatic heterocycles. The van der Waals surface area contributed by atoms with E-state index in [4.69, 9.17) is 11.6 Å². The maximum atomic E-state index is 6.05. The first-order valence-corrected chi connectivity index (χ1v) is 7.39. The van der Waals surface area contributed by atoms with Crippen LogP contribution in [0.1, 0.15) is 31.9 Å². The molecule has 0 saturated heterocycles. The molecule has 0 aliphatic rings. The number of aromatic nitrogens is 3. The Morgan fingerprint density at radius 3 is 2.43 bits per heavy atom. The van der Waals surface area contributed by atoms with Crippen LogP contribution < -0.4 is 0 Å². The number of rotatable bonds is 2. The Kier molecular flexibility index (Phi) is 3.46. The molecule has 0 aliphatic carbocycles.